The smallest absolute Gasteiger partial charge is 0.248 e. The van der Waals surface area contributed by atoms with Crippen LogP contribution in [0.1, 0.15) is 36.2 Å². The van der Waals surface area contributed by atoms with Crippen LogP contribution in [0.2, 0.25) is 0 Å². The number of piperidine rings is 1. The highest BCUT2D eigenvalue weighted by molar-refractivity contribution is 5.92. The number of carbonyl (C=O) groups is 1. The molecule has 1 aromatic rings. The predicted octanol–water partition coefficient (Wildman–Crippen LogP) is 1.67. The van der Waals surface area contributed by atoms with Crippen molar-refractivity contribution in [2.75, 3.05) is 13.1 Å². The SMILES string of the molecule is CC1CNCC[C@@]1(C)c1cccc(C(N)=O)c1. The normalized spacial score (nSPS) is 28.9. The molecule has 1 fully saturated rings. The molecule has 1 aliphatic heterocycles. The summed E-state index contributed by atoms with van der Waals surface area (Å²) in [4.78, 5) is 11.2. The third-order valence-corrected chi connectivity index (χ3v) is 4.17. The quantitative estimate of drug-likeness (QED) is 0.815. The fourth-order valence-electron chi connectivity index (χ4n) is 2.59. The molecule has 0 radical (unpaired) electrons. The molecular weight excluding hydrogens is 212 g/mol. The van der Waals surface area contributed by atoms with Gasteiger partial charge >= 0.3 is 0 Å². The number of amides is 1. The molecule has 1 saturated heterocycles. The summed E-state index contributed by atoms with van der Waals surface area (Å²) in [6.45, 7) is 6.58. The Kier molecular flexibility index (Phi) is 3.20. The lowest BCUT2D eigenvalue weighted by molar-refractivity contribution is 0.1000. The Balaban J connectivity index is 2.38. The zero-order valence-corrected chi connectivity index (χ0v) is 10.5. The molecular formula is C14H20N2O. The van der Waals surface area contributed by atoms with Crippen molar-refractivity contribution in [2.24, 2.45) is 11.7 Å². The van der Waals surface area contributed by atoms with E-state index in [0.29, 0.717) is 11.5 Å². The van der Waals surface area contributed by atoms with Crippen molar-refractivity contribution in [1.29, 1.82) is 0 Å². The number of hydrogen-bond acceptors (Lipinski definition) is 2. The second kappa shape index (κ2) is 4.49. The maximum Gasteiger partial charge on any atom is 0.248 e. The number of carbonyl (C=O) groups excluding carboxylic acids is 1. The summed E-state index contributed by atoms with van der Waals surface area (Å²) in [5.74, 6) is 0.205. The van der Waals surface area contributed by atoms with Gasteiger partial charge in [-0.25, -0.2) is 0 Å². The van der Waals surface area contributed by atoms with Crippen LogP contribution >= 0.6 is 0 Å². The molecule has 92 valence electrons. The molecule has 17 heavy (non-hydrogen) atoms. The van der Waals surface area contributed by atoms with Crippen molar-refractivity contribution in [3.05, 3.63) is 35.4 Å². The first-order valence-corrected chi connectivity index (χ1v) is 6.15. The Bertz CT molecular complexity index is 430. The molecule has 0 bridgehead atoms. The van der Waals surface area contributed by atoms with Crippen LogP contribution in [0.3, 0.4) is 0 Å². The number of rotatable bonds is 2. The molecule has 0 spiro atoms. The maximum atomic E-state index is 11.2. The van der Waals surface area contributed by atoms with Gasteiger partial charge in [0.25, 0.3) is 0 Å². The highest BCUT2D eigenvalue weighted by Crippen LogP contribution is 2.37. The van der Waals surface area contributed by atoms with Crippen LogP contribution in [0.5, 0.6) is 0 Å². The van der Waals surface area contributed by atoms with Crippen LogP contribution in [0.15, 0.2) is 24.3 Å². The molecule has 1 aromatic carbocycles. The number of primary amides is 1. The van der Waals surface area contributed by atoms with Crippen LogP contribution in [-0.4, -0.2) is 19.0 Å². The minimum absolute atomic E-state index is 0.136. The van der Waals surface area contributed by atoms with E-state index in [1.807, 2.05) is 12.1 Å². The molecule has 2 rings (SSSR count). The number of benzene rings is 1. The molecule has 1 heterocycles. The lowest BCUT2D eigenvalue weighted by atomic mass is 9.68. The first-order chi connectivity index (χ1) is 8.04. The largest absolute Gasteiger partial charge is 0.366 e. The Morgan fingerprint density at radius 3 is 2.94 bits per heavy atom. The summed E-state index contributed by atoms with van der Waals surface area (Å²) < 4.78 is 0. The van der Waals surface area contributed by atoms with Crippen LogP contribution in [0, 0.1) is 5.92 Å². The van der Waals surface area contributed by atoms with Crippen molar-refractivity contribution in [3.8, 4) is 0 Å². The number of nitrogens with two attached hydrogens (primary N) is 1. The van der Waals surface area contributed by atoms with Gasteiger partial charge in [-0.2, -0.15) is 0 Å². The van der Waals surface area contributed by atoms with E-state index in [0.717, 1.165) is 19.5 Å². The van der Waals surface area contributed by atoms with Gasteiger partial charge in [0.2, 0.25) is 5.91 Å². The number of nitrogens with one attached hydrogen (secondary N) is 1. The highest BCUT2D eigenvalue weighted by atomic mass is 16.1. The fraction of sp³-hybridized carbons (Fsp3) is 0.500. The van der Waals surface area contributed by atoms with E-state index in [4.69, 9.17) is 5.73 Å². The molecule has 3 heteroatoms. The second-order valence-corrected chi connectivity index (χ2v) is 5.22. The summed E-state index contributed by atoms with van der Waals surface area (Å²) in [5, 5.41) is 3.41. The van der Waals surface area contributed by atoms with Crippen molar-refractivity contribution in [1.82, 2.24) is 5.32 Å². The second-order valence-electron chi connectivity index (χ2n) is 5.22. The Hall–Kier alpha value is -1.35. The van der Waals surface area contributed by atoms with Crippen molar-refractivity contribution >= 4 is 5.91 Å². The standard InChI is InChI=1S/C14H20N2O/c1-10-9-16-7-6-14(10,2)12-5-3-4-11(8-12)13(15)17/h3-5,8,10,16H,6-7,9H2,1-2H3,(H2,15,17)/t10?,14-/m1/s1. The fourth-order valence-corrected chi connectivity index (χ4v) is 2.59. The zero-order chi connectivity index (χ0) is 12.5. The first kappa shape index (κ1) is 12.1. The van der Waals surface area contributed by atoms with E-state index < -0.39 is 0 Å². The molecule has 1 unspecified atom stereocenters. The topological polar surface area (TPSA) is 55.1 Å². The molecule has 0 aromatic heterocycles. The third-order valence-electron chi connectivity index (χ3n) is 4.17. The summed E-state index contributed by atoms with van der Waals surface area (Å²) in [6.07, 6.45) is 1.09. The van der Waals surface area contributed by atoms with Gasteiger partial charge < -0.3 is 11.1 Å². The third kappa shape index (κ3) is 2.20. The lowest BCUT2D eigenvalue weighted by Gasteiger charge is -2.40. The minimum atomic E-state index is -0.350. The minimum Gasteiger partial charge on any atom is -0.366 e. The van der Waals surface area contributed by atoms with Gasteiger partial charge in [-0.3, -0.25) is 4.79 Å². The Labute approximate surface area is 102 Å². The molecule has 3 N–H and O–H groups in total. The molecule has 3 nitrogen and oxygen atoms in total. The Morgan fingerprint density at radius 1 is 1.53 bits per heavy atom. The van der Waals surface area contributed by atoms with E-state index in [1.54, 1.807) is 6.07 Å². The van der Waals surface area contributed by atoms with Gasteiger partial charge in [-0.1, -0.05) is 26.0 Å². The van der Waals surface area contributed by atoms with Gasteiger partial charge in [0.15, 0.2) is 0 Å². The zero-order valence-electron chi connectivity index (χ0n) is 10.5. The van der Waals surface area contributed by atoms with Crippen molar-refractivity contribution in [2.45, 2.75) is 25.7 Å². The monoisotopic (exact) mass is 232 g/mol. The van der Waals surface area contributed by atoms with Crippen molar-refractivity contribution < 1.29 is 4.79 Å². The molecule has 0 aliphatic carbocycles. The number of hydrogen-bond donors (Lipinski definition) is 2. The molecule has 1 amide bonds. The summed E-state index contributed by atoms with van der Waals surface area (Å²) in [5.41, 5.74) is 7.31. The van der Waals surface area contributed by atoms with Crippen LogP contribution in [0.4, 0.5) is 0 Å². The van der Waals surface area contributed by atoms with Crippen LogP contribution in [-0.2, 0) is 5.41 Å². The van der Waals surface area contributed by atoms with Crippen molar-refractivity contribution in [3.63, 3.8) is 0 Å². The van der Waals surface area contributed by atoms with E-state index in [2.05, 4.69) is 25.2 Å². The summed E-state index contributed by atoms with van der Waals surface area (Å²) in [6, 6.07) is 7.76. The van der Waals surface area contributed by atoms with Crippen LogP contribution in [0.25, 0.3) is 0 Å². The van der Waals surface area contributed by atoms with Crippen LogP contribution < -0.4 is 11.1 Å². The average Bonchev–Trinajstić information content (AvgIpc) is 2.33. The predicted molar refractivity (Wildman–Crippen MR) is 69.0 cm³/mol. The van der Waals surface area contributed by atoms with E-state index in [1.165, 1.54) is 5.56 Å². The highest BCUT2D eigenvalue weighted by Gasteiger charge is 2.35. The Morgan fingerprint density at radius 2 is 2.29 bits per heavy atom. The van der Waals surface area contributed by atoms with E-state index in [-0.39, 0.29) is 11.3 Å². The lowest BCUT2D eigenvalue weighted by Crippen LogP contribution is -2.45. The molecule has 2 atom stereocenters. The average molecular weight is 232 g/mol. The maximum absolute atomic E-state index is 11.2. The van der Waals surface area contributed by atoms with E-state index >= 15 is 0 Å². The summed E-state index contributed by atoms with van der Waals surface area (Å²) in [7, 11) is 0. The van der Waals surface area contributed by atoms with Gasteiger partial charge in [0.1, 0.15) is 0 Å². The molecule has 1 aliphatic rings. The van der Waals surface area contributed by atoms with Gasteiger partial charge in [0, 0.05) is 5.56 Å². The van der Waals surface area contributed by atoms with Gasteiger partial charge in [-0.15, -0.1) is 0 Å². The van der Waals surface area contributed by atoms with E-state index in [9.17, 15) is 4.79 Å². The first-order valence-electron chi connectivity index (χ1n) is 6.15. The molecule has 0 saturated carbocycles. The summed E-state index contributed by atoms with van der Waals surface area (Å²) >= 11 is 0. The van der Waals surface area contributed by atoms with Gasteiger partial charge in [0.05, 0.1) is 0 Å². The van der Waals surface area contributed by atoms with Gasteiger partial charge in [-0.05, 0) is 48.5 Å².